The second-order valence-corrected chi connectivity index (χ2v) is 7.08. The summed E-state index contributed by atoms with van der Waals surface area (Å²) >= 11 is 0. The van der Waals surface area contributed by atoms with Crippen LogP contribution in [0.5, 0.6) is 0 Å². The van der Waals surface area contributed by atoms with Crippen molar-refractivity contribution in [3.8, 4) is 0 Å². The van der Waals surface area contributed by atoms with Crippen molar-refractivity contribution in [2.24, 2.45) is 0 Å². The van der Waals surface area contributed by atoms with Crippen molar-refractivity contribution in [2.75, 3.05) is 0 Å². The number of aryl methyl sites for hydroxylation is 1. The first-order valence-electron chi connectivity index (χ1n) is 6.64. The van der Waals surface area contributed by atoms with Crippen molar-refractivity contribution < 1.29 is 8.42 Å². The Labute approximate surface area is 108 Å². The van der Waals surface area contributed by atoms with Crippen LogP contribution in [0.2, 0.25) is 0 Å². The van der Waals surface area contributed by atoms with Gasteiger partial charge in [-0.25, -0.2) is 13.1 Å². The maximum absolute atomic E-state index is 12.2. The molecule has 100 valence electrons. The molecule has 0 unspecified atom stereocenters. The zero-order chi connectivity index (χ0) is 12.8. The fraction of sp³-hybridized carbons (Fsp3) is 0.750. The normalized spacial score (nSPS) is 21.6. The van der Waals surface area contributed by atoms with Crippen molar-refractivity contribution in [1.29, 1.82) is 0 Å². The van der Waals surface area contributed by atoms with Gasteiger partial charge in [0, 0.05) is 12.2 Å². The standard InChI is InChI=1S/C12H19N3O2S/c1-9-12(18(16,17)14-10-6-7-10)8-15(13-9)11-4-2-3-5-11/h8,10-11,14H,2-7H2,1H3. The highest BCUT2D eigenvalue weighted by Gasteiger charge is 2.30. The first-order valence-corrected chi connectivity index (χ1v) is 8.13. The Bertz CT molecular complexity index is 540. The summed E-state index contributed by atoms with van der Waals surface area (Å²) in [4.78, 5) is 0.348. The van der Waals surface area contributed by atoms with E-state index in [0.29, 0.717) is 16.6 Å². The summed E-state index contributed by atoms with van der Waals surface area (Å²) in [7, 11) is -3.37. The molecule has 2 saturated carbocycles. The molecule has 2 aliphatic rings. The van der Waals surface area contributed by atoms with Gasteiger partial charge in [-0.1, -0.05) is 12.8 Å². The van der Waals surface area contributed by atoms with Gasteiger partial charge in [-0.15, -0.1) is 0 Å². The lowest BCUT2D eigenvalue weighted by molar-refractivity contribution is 0.464. The lowest BCUT2D eigenvalue weighted by Gasteiger charge is -2.08. The van der Waals surface area contributed by atoms with E-state index in [9.17, 15) is 8.42 Å². The monoisotopic (exact) mass is 269 g/mol. The van der Waals surface area contributed by atoms with E-state index in [1.165, 1.54) is 12.8 Å². The number of rotatable bonds is 4. The summed E-state index contributed by atoms with van der Waals surface area (Å²) in [6.45, 7) is 1.77. The van der Waals surface area contributed by atoms with Gasteiger partial charge in [0.05, 0.1) is 11.7 Å². The number of nitrogens with one attached hydrogen (secondary N) is 1. The highest BCUT2D eigenvalue weighted by Crippen LogP contribution is 2.30. The van der Waals surface area contributed by atoms with E-state index >= 15 is 0 Å². The molecule has 0 aliphatic heterocycles. The zero-order valence-electron chi connectivity index (χ0n) is 10.6. The van der Waals surface area contributed by atoms with Gasteiger partial charge < -0.3 is 0 Å². The molecule has 0 radical (unpaired) electrons. The quantitative estimate of drug-likeness (QED) is 0.905. The summed E-state index contributed by atoms with van der Waals surface area (Å²) in [6.07, 6.45) is 8.26. The summed E-state index contributed by atoms with van der Waals surface area (Å²) in [5.41, 5.74) is 0.607. The van der Waals surface area contributed by atoms with Crippen LogP contribution < -0.4 is 4.72 Å². The third kappa shape index (κ3) is 2.31. The Morgan fingerprint density at radius 2 is 1.94 bits per heavy atom. The molecule has 1 aromatic heterocycles. The second kappa shape index (κ2) is 4.35. The molecular formula is C12H19N3O2S. The van der Waals surface area contributed by atoms with Gasteiger partial charge >= 0.3 is 0 Å². The molecule has 6 heteroatoms. The van der Waals surface area contributed by atoms with Crippen LogP contribution in [0.25, 0.3) is 0 Å². The number of hydrogen-bond donors (Lipinski definition) is 1. The van der Waals surface area contributed by atoms with Gasteiger partial charge in [-0.3, -0.25) is 4.68 Å². The highest BCUT2D eigenvalue weighted by molar-refractivity contribution is 7.89. The minimum absolute atomic E-state index is 0.143. The molecule has 0 bridgehead atoms. The van der Waals surface area contributed by atoms with Crippen LogP contribution in [0.3, 0.4) is 0 Å². The molecule has 0 amide bonds. The Kier molecular flexibility index (Phi) is 2.94. The van der Waals surface area contributed by atoms with E-state index in [2.05, 4.69) is 9.82 Å². The van der Waals surface area contributed by atoms with E-state index in [-0.39, 0.29) is 6.04 Å². The molecular weight excluding hydrogens is 250 g/mol. The van der Waals surface area contributed by atoms with Crippen molar-refractivity contribution >= 4 is 10.0 Å². The molecule has 0 saturated heterocycles. The zero-order valence-corrected chi connectivity index (χ0v) is 11.4. The fourth-order valence-corrected chi connectivity index (χ4v) is 4.05. The van der Waals surface area contributed by atoms with E-state index in [4.69, 9.17) is 0 Å². The SMILES string of the molecule is Cc1nn(C2CCCC2)cc1S(=O)(=O)NC1CC1. The van der Waals surface area contributed by atoms with Crippen LogP contribution in [-0.2, 0) is 10.0 Å². The molecule has 0 atom stereocenters. The number of sulfonamides is 1. The Morgan fingerprint density at radius 3 is 2.56 bits per heavy atom. The molecule has 1 heterocycles. The van der Waals surface area contributed by atoms with Crippen LogP contribution in [0.15, 0.2) is 11.1 Å². The van der Waals surface area contributed by atoms with Gasteiger partial charge in [0.25, 0.3) is 0 Å². The van der Waals surface area contributed by atoms with E-state index < -0.39 is 10.0 Å². The number of hydrogen-bond acceptors (Lipinski definition) is 3. The first kappa shape index (κ1) is 12.2. The largest absolute Gasteiger partial charge is 0.268 e. The average molecular weight is 269 g/mol. The molecule has 3 rings (SSSR count). The Morgan fingerprint density at radius 1 is 1.28 bits per heavy atom. The molecule has 2 fully saturated rings. The average Bonchev–Trinajstić information content (AvgIpc) is 2.83. The van der Waals surface area contributed by atoms with Crippen LogP contribution in [-0.4, -0.2) is 24.2 Å². The van der Waals surface area contributed by atoms with Gasteiger partial charge in [0.15, 0.2) is 0 Å². The van der Waals surface area contributed by atoms with Crippen LogP contribution in [0.1, 0.15) is 50.3 Å². The highest BCUT2D eigenvalue weighted by atomic mass is 32.2. The summed E-state index contributed by atoms with van der Waals surface area (Å²) in [6, 6.07) is 0.526. The first-order chi connectivity index (χ1) is 8.56. The van der Waals surface area contributed by atoms with E-state index in [1.807, 2.05) is 4.68 Å². The van der Waals surface area contributed by atoms with Crippen molar-refractivity contribution in [3.05, 3.63) is 11.9 Å². The van der Waals surface area contributed by atoms with Crippen molar-refractivity contribution in [2.45, 2.75) is 62.4 Å². The predicted molar refractivity (Wildman–Crippen MR) is 67.8 cm³/mol. The van der Waals surface area contributed by atoms with Crippen LogP contribution in [0.4, 0.5) is 0 Å². The topological polar surface area (TPSA) is 64.0 Å². The summed E-state index contributed by atoms with van der Waals surface area (Å²) in [5.74, 6) is 0. The smallest absolute Gasteiger partial charge is 0.244 e. The predicted octanol–water partition coefficient (Wildman–Crippen LogP) is 1.75. The van der Waals surface area contributed by atoms with E-state index in [0.717, 1.165) is 25.7 Å². The summed E-state index contributed by atoms with van der Waals surface area (Å²) < 4.78 is 28.9. The van der Waals surface area contributed by atoms with E-state index in [1.54, 1.807) is 13.1 Å². The lowest BCUT2D eigenvalue weighted by Crippen LogP contribution is -2.25. The van der Waals surface area contributed by atoms with Crippen molar-refractivity contribution in [1.82, 2.24) is 14.5 Å². The fourth-order valence-electron chi connectivity index (χ4n) is 2.57. The van der Waals surface area contributed by atoms with Crippen LogP contribution >= 0.6 is 0 Å². The van der Waals surface area contributed by atoms with Gasteiger partial charge in [-0.05, 0) is 32.6 Å². The number of nitrogens with zero attached hydrogens (tertiary/aromatic N) is 2. The molecule has 1 aromatic rings. The minimum Gasteiger partial charge on any atom is -0.268 e. The maximum atomic E-state index is 12.2. The third-order valence-electron chi connectivity index (χ3n) is 3.76. The van der Waals surface area contributed by atoms with Gasteiger partial charge in [0.2, 0.25) is 10.0 Å². The Balaban J connectivity index is 1.87. The molecule has 0 aromatic carbocycles. The lowest BCUT2D eigenvalue weighted by atomic mass is 10.3. The van der Waals surface area contributed by atoms with Crippen LogP contribution in [0, 0.1) is 6.92 Å². The maximum Gasteiger partial charge on any atom is 0.244 e. The minimum atomic E-state index is -3.37. The van der Waals surface area contributed by atoms with Crippen molar-refractivity contribution in [3.63, 3.8) is 0 Å². The molecule has 18 heavy (non-hydrogen) atoms. The summed E-state index contributed by atoms with van der Waals surface area (Å²) in [5, 5.41) is 4.38. The molecule has 5 nitrogen and oxygen atoms in total. The van der Waals surface area contributed by atoms with Gasteiger partial charge in [-0.2, -0.15) is 5.10 Å². The third-order valence-corrected chi connectivity index (χ3v) is 5.38. The molecule has 1 N–H and O–H groups in total. The Hall–Kier alpha value is -0.880. The van der Waals surface area contributed by atoms with Gasteiger partial charge in [0.1, 0.15) is 4.90 Å². The molecule has 0 spiro atoms. The second-order valence-electron chi connectivity index (χ2n) is 5.39. The number of aromatic nitrogens is 2. The molecule has 2 aliphatic carbocycles.